The number of fused-ring (bicyclic) bond motifs is 1. The van der Waals surface area contributed by atoms with Crippen molar-refractivity contribution in [1.82, 2.24) is 10.0 Å². The second kappa shape index (κ2) is 4.66. The topological polar surface area (TPSA) is 54.1 Å². The van der Waals surface area contributed by atoms with Gasteiger partial charge in [0.2, 0.25) is 0 Å². The van der Waals surface area contributed by atoms with Crippen molar-refractivity contribution in [2.24, 2.45) is 5.92 Å². The zero-order valence-electron chi connectivity index (χ0n) is 11.0. The fourth-order valence-electron chi connectivity index (χ4n) is 3.22. The van der Waals surface area contributed by atoms with Gasteiger partial charge in [-0.15, -0.1) is 0 Å². The molecule has 0 bridgehead atoms. The molecule has 3 rings (SSSR count). The van der Waals surface area contributed by atoms with Gasteiger partial charge in [0.05, 0.1) is 24.1 Å². The molecule has 0 aliphatic carbocycles. The van der Waals surface area contributed by atoms with Gasteiger partial charge in [0.1, 0.15) is 6.04 Å². The van der Waals surface area contributed by atoms with Gasteiger partial charge in [-0.1, -0.05) is 29.8 Å². The van der Waals surface area contributed by atoms with E-state index in [1.54, 1.807) is 0 Å². The maximum atomic E-state index is 9.45. The Morgan fingerprint density at radius 1 is 1.05 bits per heavy atom. The SMILES string of the molecule is Cc1ccc([C@@H]2[C@H](C#N)[C@@H](C#N)N3CCCN23)cc1. The molecule has 2 aliphatic heterocycles. The lowest BCUT2D eigenvalue weighted by molar-refractivity contribution is 0.0383. The molecule has 96 valence electrons. The molecule has 0 aromatic heterocycles. The van der Waals surface area contributed by atoms with Crippen LogP contribution < -0.4 is 0 Å². The zero-order chi connectivity index (χ0) is 13.4. The maximum absolute atomic E-state index is 9.45. The molecule has 0 spiro atoms. The van der Waals surface area contributed by atoms with E-state index >= 15 is 0 Å². The zero-order valence-corrected chi connectivity index (χ0v) is 11.0. The van der Waals surface area contributed by atoms with Gasteiger partial charge in [-0.05, 0) is 18.9 Å². The number of nitrogens with zero attached hydrogens (tertiary/aromatic N) is 4. The smallest absolute Gasteiger partial charge is 0.129 e. The van der Waals surface area contributed by atoms with Gasteiger partial charge in [0.25, 0.3) is 0 Å². The van der Waals surface area contributed by atoms with Gasteiger partial charge in [-0.3, -0.25) is 0 Å². The first kappa shape index (κ1) is 12.2. The minimum absolute atomic E-state index is 0.0257. The third-order valence-corrected chi connectivity index (χ3v) is 4.13. The molecule has 2 fully saturated rings. The predicted molar refractivity (Wildman–Crippen MR) is 70.5 cm³/mol. The molecule has 19 heavy (non-hydrogen) atoms. The van der Waals surface area contributed by atoms with Crippen LogP contribution in [0.3, 0.4) is 0 Å². The summed E-state index contributed by atoms with van der Waals surface area (Å²) >= 11 is 0. The van der Waals surface area contributed by atoms with Gasteiger partial charge in [0.15, 0.2) is 0 Å². The molecule has 0 radical (unpaired) electrons. The Kier molecular flexibility index (Phi) is 2.98. The average molecular weight is 252 g/mol. The summed E-state index contributed by atoms with van der Waals surface area (Å²) < 4.78 is 0. The molecule has 0 unspecified atom stereocenters. The van der Waals surface area contributed by atoms with E-state index in [1.807, 2.05) is 0 Å². The molecular weight excluding hydrogens is 236 g/mol. The highest BCUT2D eigenvalue weighted by molar-refractivity contribution is 5.29. The van der Waals surface area contributed by atoms with E-state index in [1.165, 1.54) is 5.56 Å². The first-order valence-electron chi connectivity index (χ1n) is 6.65. The van der Waals surface area contributed by atoms with Crippen LogP contribution >= 0.6 is 0 Å². The second-order valence-corrected chi connectivity index (χ2v) is 5.26. The minimum Gasteiger partial charge on any atom is -0.232 e. The Morgan fingerprint density at radius 2 is 1.74 bits per heavy atom. The minimum atomic E-state index is -0.307. The highest BCUT2D eigenvalue weighted by Crippen LogP contribution is 2.43. The molecule has 3 atom stereocenters. The van der Waals surface area contributed by atoms with Gasteiger partial charge in [-0.25, -0.2) is 10.0 Å². The van der Waals surface area contributed by atoms with Crippen LogP contribution in [0.1, 0.15) is 23.6 Å². The number of nitriles is 2. The van der Waals surface area contributed by atoms with Gasteiger partial charge in [0, 0.05) is 13.1 Å². The summed E-state index contributed by atoms with van der Waals surface area (Å²) in [6.07, 6.45) is 1.07. The molecule has 2 heterocycles. The highest BCUT2D eigenvalue weighted by Gasteiger charge is 2.50. The summed E-state index contributed by atoms with van der Waals surface area (Å²) in [6, 6.07) is 12.7. The fourth-order valence-corrected chi connectivity index (χ4v) is 3.22. The van der Waals surface area contributed by atoms with E-state index in [-0.39, 0.29) is 18.0 Å². The van der Waals surface area contributed by atoms with Crippen LogP contribution in [0, 0.1) is 35.5 Å². The van der Waals surface area contributed by atoms with Crippen LogP contribution in [0.2, 0.25) is 0 Å². The molecule has 2 aliphatic rings. The van der Waals surface area contributed by atoms with Crippen molar-refractivity contribution >= 4 is 0 Å². The normalized spacial score (nSPS) is 30.8. The van der Waals surface area contributed by atoms with Crippen molar-refractivity contribution in [2.75, 3.05) is 13.1 Å². The van der Waals surface area contributed by atoms with Crippen molar-refractivity contribution in [3.63, 3.8) is 0 Å². The summed E-state index contributed by atoms with van der Waals surface area (Å²) in [4.78, 5) is 0. The van der Waals surface area contributed by atoms with E-state index in [4.69, 9.17) is 0 Å². The average Bonchev–Trinajstić information content (AvgIpc) is 2.98. The lowest BCUT2D eigenvalue weighted by Crippen LogP contribution is -2.35. The summed E-state index contributed by atoms with van der Waals surface area (Å²) in [6.45, 7) is 3.88. The van der Waals surface area contributed by atoms with Gasteiger partial charge < -0.3 is 0 Å². The molecule has 4 heteroatoms. The van der Waals surface area contributed by atoms with Crippen molar-refractivity contribution in [2.45, 2.75) is 25.4 Å². The van der Waals surface area contributed by atoms with Gasteiger partial charge >= 0.3 is 0 Å². The summed E-state index contributed by atoms with van der Waals surface area (Å²) in [7, 11) is 0. The van der Waals surface area contributed by atoms with Crippen molar-refractivity contribution in [3.8, 4) is 12.1 Å². The second-order valence-electron chi connectivity index (χ2n) is 5.26. The number of hydrogen-bond acceptors (Lipinski definition) is 4. The first-order valence-corrected chi connectivity index (χ1v) is 6.65. The third-order valence-electron chi connectivity index (χ3n) is 4.13. The predicted octanol–water partition coefficient (Wildman–Crippen LogP) is 2.00. The van der Waals surface area contributed by atoms with Crippen LogP contribution in [-0.2, 0) is 0 Å². The molecular formula is C15H16N4. The summed E-state index contributed by atoms with van der Waals surface area (Å²) in [5, 5.41) is 23.1. The van der Waals surface area contributed by atoms with E-state index < -0.39 is 0 Å². The lowest BCUT2D eigenvalue weighted by atomic mass is 9.90. The van der Waals surface area contributed by atoms with E-state index in [2.05, 4.69) is 53.3 Å². The van der Waals surface area contributed by atoms with E-state index in [0.717, 1.165) is 25.1 Å². The van der Waals surface area contributed by atoms with E-state index in [0.29, 0.717) is 0 Å². The monoisotopic (exact) mass is 252 g/mol. The number of aryl methyl sites for hydroxylation is 1. The van der Waals surface area contributed by atoms with Crippen molar-refractivity contribution < 1.29 is 0 Å². The Bertz CT molecular complexity index is 551. The van der Waals surface area contributed by atoms with E-state index in [9.17, 15) is 10.5 Å². The Labute approximate surface area is 113 Å². The number of benzene rings is 1. The van der Waals surface area contributed by atoms with Crippen LogP contribution in [0.15, 0.2) is 24.3 Å². The van der Waals surface area contributed by atoms with Crippen molar-refractivity contribution in [3.05, 3.63) is 35.4 Å². The standard InChI is InChI=1S/C15H16N4/c1-11-3-5-12(6-4-11)15-13(9-16)14(10-17)18-7-2-8-19(15)18/h3-6,13-15H,2,7-8H2,1H3/t13-,14-,15-/m1/s1. The molecule has 0 amide bonds. The summed E-state index contributed by atoms with van der Waals surface area (Å²) in [5.41, 5.74) is 2.35. The Balaban J connectivity index is 2.01. The van der Waals surface area contributed by atoms with Gasteiger partial charge in [-0.2, -0.15) is 10.5 Å². The number of hydrazine groups is 1. The number of rotatable bonds is 1. The molecule has 4 nitrogen and oxygen atoms in total. The molecule has 1 aromatic carbocycles. The van der Waals surface area contributed by atoms with Crippen molar-refractivity contribution in [1.29, 1.82) is 10.5 Å². The number of hydrogen-bond donors (Lipinski definition) is 0. The largest absolute Gasteiger partial charge is 0.232 e. The van der Waals surface area contributed by atoms with Crippen LogP contribution in [0.5, 0.6) is 0 Å². The lowest BCUT2D eigenvalue weighted by Gasteiger charge is -2.25. The molecule has 0 saturated carbocycles. The van der Waals surface area contributed by atoms with Crippen LogP contribution in [0.25, 0.3) is 0 Å². The Morgan fingerprint density at radius 3 is 2.37 bits per heavy atom. The molecule has 0 N–H and O–H groups in total. The summed E-state index contributed by atoms with van der Waals surface area (Å²) in [5.74, 6) is -0.270. The molecule has 2 saturated heterocycles. The maximum Gasteiger partial charge on any atom is 0.129 e. The van der Waals surface area contributed by atoms with Crippen LogP contribution in [0.4, 0.5) is 0 Å². The highest BCUT2D eigenvalue weighted by atomic mass is 15.7. The molecule has 1 aromatic rings. The third kappa shape index (κ3) is 1.81. The van der Waals surface area contributed by atoms with Crippen LogP contribution in [-0.4, -0.2) is 29.1 Å². The quantitative estimate of drug-likeness (QED) is 0.767. The fraction of sp³-hybridized carbons (Fsp3) is 0.467. The first-order chi connectivity index (χ1) is 9.26. The Hall–Kier alpha value is -1.88.